The van der Waals surface area contributed by atoms with Crippen molar-refractivity contribution in [2.75, 3.05) is 12.8 Å². The summed E-state index contributed by atoms with van der Waals surface area (Å²) in [5.41, 5.74) is 6.44. The molecule has 0 bridgehead atoms. The number of phenols is 1. The lowest BCUT2D eigenvalue weighted by atomic mass is 10.1. The van der Waals surface area contributed by atoms with E-state index in [-0.39, 0.29) is 11.7 Å². The molecular formula is C13H14N2O2S. The van der Waals surface area contributed by atoms with Gasteiger partial charge in [0.15, 0.2) is 0 Å². The monoisotopic (exact) mass is 262 g/mol. The quantitative estimate of drug-likeness (QED) is 0.659. The van der Waals surface area contributed by atoms with Gasteiger partial charge in [-0.25, -0.2) is 0 Å². The van der Waals surface area contributed by atoms with E-state index < -0.39 is 0 Å². The minimum atomic E-state index is -0.197. The first-order valence-corrected chi connectivity index (χ1v) is 6.32. The second-order valence-electron chi connectivity index (χ2n) is 4.01. The van der Waals surface area contributed by atoms with Gasteiger partial charge in [0.2, 0.25) is 0 Å². The number of nitrogens with two attached hydrogens (primary N) is 1. The van der Waals surface area contributed by atoms with Crippen LogP contribution < -0.4 is 5.73 Å². The number of nitrogens with zero attached hydrogens (tertiary/aromatic N) is 1. The summed E-state index contributed by atoms with van der Waals surface area (Å²) in [4.78, 5) is 14.9. The average Bonchev–Trinajstić information content (AvgIpc) is 2.84. The Labute approximate surface area is 109 Å². The summed E-state index contributed by atoms with van der Waals surface area (Å²) in [6.07, 6.45) is 0. The van der Waals surface area contributed by atoms with Gasteiger partial charge < -0.3 is 15.7 Å². The summed E-state index contributed by atoms with van der Waals surface area (Å²) in [5.74, 6) is -0.158. The molecule has 0 saturated carbocycles. The first-order valence-electron chi connectivity index (χ1n) is 5.44. The highest BCUT2D eigenvalue weighted by Crippen LogP contribution is 2.21. The lowest BCUT2D eigenvalue weighted by Gasteiger charge is -2.17. The van der Waals surface area contributed by atoms with Crippen LogP contribution in [-0.2, 0) is 6.54 Å². The van der Waals surface area contributed by atoms with Crippen molar-refractivity contribution in [1.29, 1.82) is 0 Å². The fraction of sp³-hybridized carbons (Fsp3) is 0.154. The smallest absolute Gasteiger partial charge is 0.256 e. The van der Waals surface area contributed by atoms with Gasteiger partial charge in [-0.2, -0.15) is 0 Å². The number of amides is 1. The van der Waals surface area contributed by atoms with Gasteiger partial charge in [0.05, 0.1) is 12.1 Å². The summed E-state index contributed by atoms with van der Waals surface area (Å²) in [7, 11) is 1.71. The Morgan fingerprint density at radius 3 is 2.89 bits per heavy atom. The second-order valence-corrected chi connectivity index (χ2v) is 5.04. The molecule has 18 heavy (non-hydrogen) atoms. The van der Waals surface area contributed by atoms with Crippen LogP contribution in [0.5, 0.6) is 5.75 Å². The summed E-state index contributed by atoms with van der Waals surface area (Å²) >= 11 is 1.60. The third-order valence-electron chi connectivity index (χ3n) is 2.59. The fourth-order valence-electron chi connectivity index (χ4n) is 1.64. The third kappa shape index (κ3) is 2.62. The lowest BCUT2D eigenvalue weighted by molar-refractivity contribution is 0.0787. The molecule has 94 valence electrons. The molecule has 1 aromatic heterocycles. The van der Waals surface area contributed by atoms with Gasteiger partial charge in [-0.05, 0) is 29.6 Å². The predicted octanol–water partition coefficient (Wildman–Crippen LogP) is 2.31. The number of thiophene rings is 1. The third-order valence-corrected chi connectivity index (χ3v) is 3.45. The molecule has 0 aliphatic heterocycles. The summed E-state index contributed by atoms with van der Waals surface area (Å²) < 4.78 is 0. The Morgan fingerprint density at radius 1 is 1.44 bits per heavy atom. The van der Waals surface area contributed by atoms with E-state index in [0.717, 1.165) is 4.88 Å². The Bertz CT molecular complexity index is 552. The van der Waals surface area contributed by atoms with Crippen molar-refractivity contribution in [3.8, 4) is 5.75 Å². The number of carbonyl (C=O) groups is 1. The number of hydrogen-bond acceptors (Lipinski definition) is 4. The molecule has 0 unspecified atom stereocenters. The highest BCUT2D eigenvalue weighted by atomic mass is 32.1. The minimum absolute atomic E-state index is 0.0390. The second kappa shape index (κ2) is 5.10. The van der Waals surface area contributed by atoms with Crippen LogP contribution in [0, 0.1) is 0 Å². The molecule has 5 heteroatoms. The number of hydrogen-bond donors (Lipinski definition) is 2. The summed E-state index contributed by atoms with van der Waals surface area (Å²) in [6.45, 7) is 0.533. The van der Waals surface area contributed by atoms with Gasteiger partial charge in [0.25, 0.3) is 5.91 Å². The first-order chi connectivity index (χ1) is 8.58. The zero-order chi connectivity index (χ0) is 13.1. The van der Waals surface area contributed by atoms with Crippen LogP contribution in [0.15, 0.2) is 35.7 Å². The maximum absolute atomic E-state index is 12.2. The molecule has 3 N–H and O–H groups in total. The molecular weight excluding hydrogens is 248 g/mol. The molecule has 2 aromatic rings. The summed E-state index contributed by atoms with van der Waals surface area (Å²) in [6, 6.07) is 8.30. The molecule has 0 aliphatic rings. The van der Waals surface area contributed by atoms with Crippen LogP contribution >= 0.6 is 11.3 Å². The van der Waals surface area contributed by atoms with Crippen molar-refractivity contribution in [2.24, 2.45) is 0 Å². The van der Waals surface area contributed by atoms with E-state index in [1.165, 1.54) is 18.2 Å². The normalized spacial score (nSPS) is 10.3. The molecule has 0 saturated heterocycles. The lowest BCUT2D eigenvalue weighted by Crippen LogP contribution is -2.26. The van der Waals surface area contributed by atoms with E-state index in [4.69, 9.17) is 5.73 Å². The zero-order valence-electron chi connectivity index (χ0n) is 9.96. The Morgan fingerprint density at radius 2 is 2.22 bits per heavy atom. The highest BCUT2D eigenvalue weighted by Gasteiger charge is 2.15. The molecule has 0 radical (unpaired) electrons. The molecule has 0 fully saturated rings. The average molecular weight is 262 g/mol. The molecule has 1 aromatic carbocycles. The molecule has 2 rings (SSSR count). The predicted molar refractivity (Wildman–Crippen MR) is 72.6 cm³/mol. The number of aromatic hydroxyl groups is 1. The molecule has 0 aliphatic carbocycles. The van der Waals surface area contributed by atoms with Crippen LogP contribution in [-0.4, -0.2) is 23.0 Å². The van der Waals surface area contributed by atoms with E-state index >= 15 is 0 Å². The number of benzene rings is 1. The minimum Gasteiger partial charge on any atom is -0.508 e. The van der Waals surface area contributed by atoms with Gasteiger partial charge in [0.1, 0.15) is 5.75 Å². The van der Waals surface area contributed by atoms with E-state index in [9.17, 15) is 9.90 Å². The van der Waals surface area contributed by atoms with Crippen molar-refractivity contribution in [1.82, 2.24) is 4.90 Å². The van der Waals surface area contributed by atoms with Crippen LogP contribution in [0.3, 0.4) is 0 Å². The number of anilines is 1. The van der Waals surface area contributed by atoms with Crippen molar-refractivity contribution < 1.29 is 9.90 Å². The van der Waals surface area contributed by atoms with Gasteiger partial charge in [0, 0.05) is 17.6 Å². The maximum Gasteiger partial charge on any atom is 0.256 e. The Kier molecular flexibility index (Phi) is 3.53. The van der Waals surface area contributed by atoms with Crippen molar-refractivity contribution in [2.45, 2.75) is 6.54 Å². The molecule has 4 nitrogen and oxygen atoms in total. The Hall–Kier alpha value is -2.01. The maximum atomic E-state index is 12.2. The van der Waals surface area contributed by atoms with Crippen LogP contribution in [0.25, 0.3) is 0 Å². The zero-order valence-corrected chi connectivity index (χ0v) is 10.8. The number of nitrogen functional groups attached to an aromatic ring is 1. The van der Waals surface area contributed by atoms with Crippen LogP contribution in [0.4, 0.5) is 5.69 Å². The van der Waals surface area contributed by atoms with Gasteiger partial charge >= 0.3 is 0 Å². The van der Waals surface area contributed by atoms with Crippen molar-refractivity contribution >= 4 is 22.9 Å². The molecule has 1 amide bonds. The number of carbonyl (C=O) groups excluding carboxylic acids is 1. The molecule has 0 atom stereocenters. The fourth-order valence-corrected chi connectivity index (χ4v) is 2.40. The summed E-state index contributed by atoms with van der Waals surface area (Å²) in [5, 5.41) is 11.4. The molecule has 0 spiro atoms. The topological polar surface area (TPSA) is 66.6 Å². The van der Waals surface area contributed by atoms with Gasteiger partial charge in [-0.15, -0.1) is 11.3 Å². The SMILES string of the molecule is CN(Cc1cccs1)C(=O)c1cc(O)ccc1N. The number of phenolic OH excluding ortho intramolecular Hbond substituents is 1. The van der Waals surface area contributed by atoms with E-state index in [2.05, 4.69) is 0 Å². The van der Waals surface area contributed by atoms with E-state index in [0.29, 0.717) is 17.8 Å². The van der Waals surface area contributed by atoms with Crippen LogP contribution in [0.2, 0.25) is 0 Å². The van der Waals surface area contributed by atoms with Crippen molar-refractivity contribution in [3.05, 3.63) is 46.2 Å². The Balaban J connectivity index is 2.17. The van der Waals surface area contributed by atoms with Crippen molar-refractivity contribution in [3.63, 3.8) is 0 Å². The molecule has 1 heterocycles. The van der Waals surface area contributed by atoms with Crippen LogP contribution in [0.1, 0.15) is 15.2 Å². The standard InChI is InChI=1S/C13H14N2O2S/c1-15(8-10-3-2-6-18-10)13(17)11-7-9(16)4-5-12(11)14/h2-7,16H,8,14H2,1H3. The van der Waals surface area contributed by atoms with E-state index in [1.807, 2.05) is 17.5 Å². The van der Waals surface area contributed by atoms with E-state index in [1.54, 1.807) is 23.3 Å². The largest absolute Gasteiger partial charge is 0.508 e. The number of rotatable bonds is 3. The van der Waals surface area contributed by atoms with Gasteiger partial charge in [-0.3, -0.25) is 4.79 Å². The first kappa shape index (κ1) is 12.4. The highest BCUT2D eigenvalue weighted by molar-refractivity contribution is 7.09. The van der Waals surface area contributed by atoms with Gasteiger partial charge in [-0.1, -0.05) is 6.07 Å².